The van der Waals surface area contributed by atoms with Crippen LogP contribution in [0.4, 0.5) is 5.13 Å². The minimum absolute atomic E-state index is 0.00286. The van der Waals surface area contributed by atoms with E-state index in [1.54, 1.807) is 24.5 Å². The Bertz CT molecular complexity index is 986. The number of benzene rings is 2. The highest BCUT2D eigenvalue weighted by Gasteiger charge is 2.24. The summed E-state index contributed by atoms with van der Waals surface area (Å²) in [5, 5.41) is 1.61. The van der Waals surface area contributed by atoms with Gasteiger partial charge in [0.1, 0.15) is 5.52 Å². The molecule has 6 nitrogen and oxygen atoms in total. The van der Waals surface area contributed by atoms with Crippen LogP contribution in [0, 0.1) is 0 Å². The standard InChI is InChI=1S/C20H20ClN3O3S/c1-26-15-6-2-3-7-16(15)27-13-18(25)23-9-11-24(12-10-23)20-22-19-14(21)5-4-8-17(19)28-20/h2-8H,9-13H2,1H3. The molecule has 0 atom stereocenters. The van der Waals surface area contributed by atoms with Gasteiger partial charge in [-0.05, 0) is 24.3 Å². The van der Waals surface area contributed by atoms with Gasteiger partial charge in [0.15, 0.2) is 23.2 Å². The molecule has 0 bridgehead atoms. The minimum Gasteiger partial charge on any atom is -0.493 e. The van der Waals surface area contributed by atoms with Crippen LogP contribution in [0.15, 0.2) is 42.5 Å². The second-order valence-corrected chi connectivity index (χ2v) is 7.81. The molecule has 1 aliphatic rings. The molecule has 2 aromatic carbocycles. The quantitative estimate of drug-likeness (QED) is 0.633. The molecule has 8 heteroatoms. The maximum Gasteiger partial charge on any atom is 0.260 e. The van der Waals surface area contributed by atoms with Crippen molar-refractivity contribution in [1.29, 1.82) is 0 Å². The average molecular weight is 418 g/mol. The number of amides is 1. The molecule has 0 aliphatic carbocycles. The van der Waals surface area contributed by atoms with E-state index in [0.29, 0.717) is 29.6 Å². The fourth-order valence-corrected chi connectivity index (χ4v) is 4.47. The first kappa shape index (κ1) is 18.8. The Hall–Kier alpha value is -2.51. The summed E-state index contributed by atoms with van der Waals surface area (Å²) in [4.78, 5) is 21.2. The molecule has 1 amide bonds. The number of hydrogen-bond acceptors (Lipinski definition) is 6. The number of ether oxygens (including phenoxy) is 2. The van der Waals surface area contributed by atoms with Crippen LogP contribution in [0.25, 0.3) is 10.2 Å². The smallest absolute Gasteiger partial charge is 0.260 e. The summed E-state index contributed by atoms with van der Waals surface area (Å²) in [5.74, 6) is 1.16. The summed E-state index contributed by atoms with van der Waals surface area (Å²) in [6, 6.07) is 13.1. The molecule has 1 fully saturated rings. The van der Waals surface area contributed by atoms with Crippen molar-refractivity contribution in [2.75, 3.05) is 44.8 Å². The number of thiazole rings is 1. The lowest BCUT2D eigenvalue weighted by atomic mass is 10.3. The zero-order valence-corrected chi connectivity index (χ0v) is 17.0. The Morgan fingerprint density at radius 2 is 1.86 bits per heavy atom. The number of halogens is 1. The second-order valence-electron chi connectivity index (χ2n) is 6.39. The van der Waals surface area contributed by atoms with Gasteiger partial charge in [-0.3, -0.25) is 4.79 Å². The van der Waals surface area contributed by atoms with Gasteiger partial charge in [-0.1, -0.05) is 41.1 Å². The Morgan fingerprint density at radius 3 is 2.57 bits per heavy atom. The maximum absolute atomic E-state index is 12.5. The number of hydrogen-bond donors (Lipinski definition) is 0. The Morgan fingerprint density at radius 1 is 1.11 bits per heavy atom. The number of methoxy groups -OCH3 is 1. The molecule has 3 aromatic rings. The van der Waals surface area contributed by atoms with Gasteiger partial charge in [0.2, 0.25) is 0 Å². The van der Waals surface area contributed by atoms with Crippen LogP contribution in [0.2, 0.25) is 5.02 Å². The highest BCUT2D eigenvalue weighted by Crippen LogP contribution is 2.33. The highest BCUT2D eigenvalue weighted by atomic mass is 35.5. The third-order valence-electron chi connectivity index (χ3n) is 4.68. The Balaban J connectivity index is 1.34. The number of anilines is 1. The van der Waals surface area contributed by atoms with Crippen LogP contribution in [0.1, 0.15) is 0 Å². The lowest BCUT2D eigenvalue weighted by Gasteiger charge is -2.34. The Kier molecular flexibility index (Phi) is 5.54. The Labute approximate surface area is 172 Å². The van der Waals surface area contributed by atoms with Gasteiger partial charge >= 0.3 is 0 Å². The number of carbonyl (C=O) groups excluding carboxylic acids is 1. The van der Waals surface area contributed by atoms with Gasteiger partial charge in [-0.2, -0.15) is 0 Å². The predicted molar refractivity (Wildman–Crippen MR) is 112 cm³/mol. The van der Waals surface area contributed by atoms with Crippen LogP contribution in [-0.4, -0.2) is 55.7 Å². The van der Waals surface area contributed by atoms with Gasteiger partial charge in [0, 0.05) is 26.2 Å². The molecule has 0 N–H and O–H groups in total. The van der Waals surface area contributed by atoms with Gasteiger partial charge in [-0.25, -0.2) is 4.98 Å². The number of rotatable bonds is 5. The van der Waals surface area contributed by atoms with Crippen molar-refractivity contribution >= 4 is 44.2 Å². The van der Waals surface area contributed by atoms with Crippen LogP contribution in [-0.2, 0) is 4.79 Å². The number of aromatic nitrogens is 1. The molecule has 0 radical (unpaired) electrons. The van der Waals surface area contributed by atoms with Crippen LogP contribution >= 0.6 is 22.9 Å². The van der Waals surface area contributed by atoms with Crippen molar-refractivity contribution in [3.05, 3.63) is 47.5 Å². The molecule has 0 unspecified atom stereocenters. The predicted octanol–water partition coefficient (Wildman–Crippen LogP) is 3.69. The van der Waals surface area contributed by atoms with Crippen molar-refractivity contribution in [3.8, 4) is 11.5 Å². The molecule has 1 saturated heterocycles. The third-order valence-corrected chi connectivity index (χ3v) is 6.07. The SMILES string of the molecule is COc1ccccc1OCC(=O)N1CCN(c2nc3c(Cl)cccc3s2)CC1. The number of carbonyl (C=O) groups is 1. The number of piperazine rings is 1. The number of fused-ring (bicyclic) bond motifs is 1. The number of nitrogens with zero attached hydrogens (tertiary/aromatic N) is 3. The molecule has 146 valence electrons. The van der Waals surface area contributed by atoms with Gasteiger partial charge in [0.05, 0.1) is 16.8 Å². The van der Waals surface area contributed by atoms with Crippen LogP contribution in [0.5, 0.6) is 11.5 Å². The van der Waals surface area contributed by atoms with E-state index in [0.717, 1.165) is 28.4 Å². The zero-order chi connectivity index (χ0) is 19.5. The summed E-state index contributed by atoms with van der Waals surface area (Å²) in [7, 11) is 1.58. The highest BCUT2D eigenvalue weighted by molar-refractivity contribution is 7.22. The summed E-state index contributed by atoms with van der Waals surface area (Å²) in [6.45, 7) is 2.74. The monoisotopic (exact) mass is 417 g/mol. The fourth-order valence-electron chi connectivity index (χ4n) is 3.15. The lowest BCUT2D eigenvalue weighted by Crippen LogP contribution is -2.50. The van der Waals surface area contributed by atoms with Crippen LogP contribution in [0.3, 0.4) is 0 Å². The van der Waals surface area contributed by atoms with E-state index in [2.05, 4.69) is 9.88 Å². The average Bonchev–Trinajstić information content (AvgIpc) is 3.18. The second kappa shape index (κ2) is 8.24. The van der Waals surface area contributed by atoms with E-state index < -0.39 is 0 Å². The fraction of sp³-hybridized carbons (Fsp3) is 0.300. The first-order valence-corrected chi connectivity index (χ1v) is 10.2. The molecule has 0 spiro atoms. The van der Waals surface area contributed by atoms with Crippen LogP contribution < -0.4 is 14.4 Å². The molecule has 2 heterocycles. The van der Waals surface area contributed by atoms with Crippen molar-refractivity contribution in [2.24, 2.45) is 0 Å². The number of para-hydroxylation sites is 3. The summed E-state index contributed by atoms with van der Waals surface area (Å²) < 4.78 is 12.0. The molecular formula is C20H20ClN3O3S. The maximum atomic E-state index is 12.5. The van der Waals surface area contributed by atoms with Crippen molar-refractivity contribution in [3.63, 3.8) is 0 Å². The van der Waals surface area contributed by atoms with Crippen molar-refractivity contribution in [1.82, 2.24) is 9.88 Å². The van der Waals surface area contributed by atoms with E-state index >= 15 is 0 Å². The molecular weight excluding hydrogens is 398 g/mol. The van der Waals surface area contributed by atoms with E-state index in [1.165, 1.54) is 0 Å². The van der Waals surface area contributed by atoms with E-state index in [4.69, 9.17) is 21.1 Å². The minimum atomic E-state index is -0.0297. The first-order chi connectivity index (χ1) is 13.7. The first-order valence-electron chi connectivity index (χ1n) is 8.99. The van der Waals surface area contributed by atoms with E-state index in [9.17, 15) is 4.79 Å². The normalized spacial score (nSPS) is 14.4. The van der Waals surface area contributed by atoms with E-state index in [1.807, 2.05) is 41.3 Å². The lowest BCUT2D eigenvalue weighted by molar-refractivity contribution is -0.133. The van der Waals surface area contributed by atoms with Crippen molar-refractivity contribution in [2.45, 2.75) is 0 Å². The zero-order valence-electron chi connectivity index (χ0n) is 15.4. The summed E-state index contributed by atoms with van der Waals surface area (Å²) in [6.07, 6.45) is 0. The van der Waals surface area contributed by atoms with Gasteiger partial charge in [0.25, 0.3) is 5.91 Å². The molecule has 28 heavy (non-hydrogen) atoms. The van der Waals surface area contributed by atoms with E-state index in [-0.39, 0.29) is 12.5 Å². The molecule has 0 saturated carbocycles. The summed E-state index contributed by atoms with van der Waals surface area (Å²) >= 11 is 7.86. The summed E-state index contributed by atoms with van der Waals surface area (Å²) in [5.41, 5.74) is 0.841. The topological polar surface area (TPSA) is 54.9 Å². The van der Waals surface area contributed by atoms with Gasteiger partial charge in [-0.15, -0.1) is 0 Å². The van der Waals surface area contributed by atoms with Crippen molar-refractivity contribution < 1.29 is 14.3 Å². The third kappa shape index (κ3) is 3.86. The van der Waals surface area contributed by atoms with Gasteiger partial charge < -0.3 is 19.3 Å². The largest absolute Gasteiger partial charge is 0.493 e. The molecule has 1 aromatic heterocycles. The molecule has 4 rings (SSSR count). The molecule has 1 aliphatic heterocycles.